The topological polar surface area (TPSA) is 153 Å². The number of aromatic hydroxyl groups is 4. The van der Waals surface area contributed by atoms with Crippen LogP contribution in [0.1, 0.15) is 11.1 Å². The number of primary amides is 1. The van der Waals surface area contributed by atoms with Crippen LogP contribution in [0.15, 0.2) is 42.5 Å². The van der Waals surface area contributed by atoms with Crippen molar-refractivity contribution < 1.29 is 30.0 Å². The van der Waals surface area contributed by atoms with Crippen molar-refractivity contribution in [1.82, 2.24) is 5.32 Å². The van der Waals surface area contributed by atoms with E-state index in [4.69, 9.17) is 5.73 Å². The summed E-state index contributed by atoms with van der Waals surface area (Å²) in [5.74, 6) is -2.60. The van der Waals surface area contributed by atoms with Gasteiger partial charge in [-0.1, -0.05) is 12.1 Å². The van der Waals surface area contributed by atoms with E-state index in [1.54, 1.807) is 0 Å². The summed E-state index contributed by atoms with van der Waals surface area (Å²) in [5.41, 5.74) is 6.26. The maximum absolute atomic E-state index is 12.0. The molecule has 7 N–H and O–H groups in total. The molecule has 2 aromatic rings. The molecule has 0 aliphatic carbocycles. The molecule has 8 nitrogen and oxygen atoms in total. The lowest BCUT2D eigenvalue weighted by Crippen LogP contribution is -2.45. The Morgan fingerprint density at radius 3 is 2.15 bits per heavy atom. The zero-order valence-electron chi connectivity index (χ0n) is 13.6. The molecule has 0 bridgehead atoms. The average Bonchev–Trinajstić information content (AvgIpc) is 2.58. The molecule has 0 saturated carbocycles. The molecule has 1 atom stereocenters. The summed E-state index contributed by atoms with van der Waals surface area (Å²) < 4.78 is 0. The molecule has 2 amide bonds. The number of hydrogen-bond acceptors (Lipinski definition) is 6. The summed E-state index contributed by atoms with van der Waals surface area (Å²) in [4.78, 5) is 23.5. The first-order valence-electron chi connectivity index (χ1n) is 7.57. The van der Waals surface area contributed by atoms with Gasteiger partial charge in [0.15, 0.2) is 23.0 Å². The van der Waals surface area contributed by atoms with Gasteiger partial charge in [0.2, 0.25) is 11.8 Å². The first-order chi connectivity index (χ1) is 12.3. The van der Waals surface area contributed by atoms with Gasteiger partial charge in [-0.15, -0.1) is 0 Å². The second-order valence-electron chi connectivity index (χ2n) is 5.57. The number of phenolic OH excluding ortho intramolecular Hbond substituents is 4. The summed E-state index contributed by atoms with van der Waals surface area (Å²) in [7, 11) is 0. The number of phenols is 4. The number of benzene rings is 2. The average molecular weight is 358 g/mol. The van der Waals surface area contributed by atoms with Gasteiger partial charge >= 0.3 is 0 Å². The molecule has 0 spiro atoms. The molecular weight excluding hydrogens is 340 g/mol. The van der Waals surface area contributed by atoms with E-state index in [1.807, 2.05) is 0 Å². The molecule has 0 radical (unpaired) electrons. The fourth-order valence-electron chi connectivity index (χ4n) is 2.19. The Bertz CT molecular complexity index is 863. The minimum atomic E-state index is -1.02. The predicted molar refractivity (Wildman–Crippen MR) is 93.4 cm³/mol. The van der Waals surface area contributed by atoms with Gasteiger partial charge in [0.05, 0.1) is 0 Å². The zero-order valence-corrected chi connectivity index (χ0v) is 13.6. The van der Waals surface area contributed by atoms with Gasteiger partial charge < -0.3 is 31.5 Å². The van der Waals surface area contributed by atoms with Crippen molar-refractivity contribution in [3.63, 3.8) is 0 Å². The van der Waals surface area contributed by atoms with Crippen LogP contribution in [-0.2, 0) is 16.0 Å². The van der Waals surface area contributed by atoms with Crippen LogP contribution in [0, 0.1) is 0 Å². The van der Waals surface area contributed by atoms with E-state index in [-0.39, 0.29) is 29.4 Å². The Kier molecular flexibility index (Phi) is 5.69. The Balaban J connectivity index is 2.05. The molecule has 136 valence electrons. The number of carbonyl (C=O) groups excluding carboxylic acids is 2. The maximum Gasteiger partial charge on any atom is 0.244 e. The maximum atomic E-state index is 12.0. The van der Waals surface area contributed by atoms with Crippen LogP contribution < -0.4 is 11.1 Å². The van der Waals surface area contributed by atoms with E-state index in [0.717, 1.165) is 6.08 Å². The Labute approximate surface area is 148 Å². The van der Waals surface area contributed by atoms with Gasteiger partial charge in [-0.2, -0.15) is 0 Å². The molecule has 0 aliphatic rings. The van der Waals surface area contributed by atoms with E-state index in [2.05, 4.69) is 5.32 Å². The molecule has 0 unspecified atom stereocenters. The number of hydrogen-bond donors (Lipinski definition) is 6. The molecule has 2 rings (SSSR count). The van der Waals surface area contributed by atoms with Crippen LogP contribution in [0.5, 0.6) is 23.0 Å². The van der Waals surface area contributed by atoms with Gasteiger partial charge in [0, 0.05) is 12.5 Å². The Morgan fingerprint density at radius 1 is 0.962 bits per heavy atom. The molecule has 0 fully saturated rings. The zero-order chi connectivity index (χ0) is 19.3. The minimum absolute atomic E-state index is 0.0305. The second-order valence-corrected chi connectivity index (χ2v) is 5.57. The summed E-state index contributed by atoms with van der Waals surface area (Å²) >= 11 is 0. The van der Waals surface area contributed by atoms with Crippen LogP contribution in [0.3, 0.4) is 0 Å². The number of carbonyl (C=O) groups is 2. The lowest BCUT2D eigenvalue weighted by atomic mass is 10.0. The van der Waals surface area contributed by atoms with Crippen molar-refractivity contribution >= 4 is 17.9 Å². The van der Waals surface area contributed by atoms with Crippen molar-refractivity contribution in [2.75, 3.05) is 0 Å². The van der Waals surface area contributed by atoms with Gasteiger partial charge in [0.1, 0.15) is 6.04 Å². The van der Waals surface area contributed by atoms with Crippen LogP contribution in [0.4, 0.5) is 0 Å². The molecule has 26 heavy (non-hydrogen) atoms. The number of nitrogens with two attached hydrogens (primary N) is 1. The first-order valence-corrected chi connectivity index (χ1v) is 7.57. The van der Waals surface area contributed by atoms with Crippen molar-refractivity contribution in [2.24, 2.45) is 5.73 Å². The lowest BCUT2D eigenvalue weighted by Gasteiger charge is -2.14. The summed E-state index contributed by atoms with van der Waals surface area (Å²) in [6, 6.07) is 7.04. The second kappa shape index (κ2) is 7.93. The molecule has 0 aromatic heterocycles. The Morgan fingerprint density at radius 2 is 1.58 bits per heavy atom. The van der Waals surface area contributed by atoms with Crippen molar-refractivity contribution in [1.29, 1.82) is 0 Å². The molecule has 0 heterocycles. The summed E-state index contributed by atoms with van der Waals surface area (Å²) in [5, 5.41) is 39.9. The predicted octanol–water partition coefficient (Wildman–Crippen LogP) is 0.735. The van der Waals surface area contributed by atoms with Crippen LogP contribution >= 0.6 is 0 Å². The largest absolute Gasteiger partial charge is 0.504 e. The van der Waals surface area contributed by atoms with Crippen LogP contribution in [0.25, 0.3) is 6.08 Å². The van der Waals surface area contributed by atoms with Crippen molar-refractivity contribution in [3.8, 4) is 23.0 Å². The fraction of sp³-hybridized carbons (Fsp3) is 0.111. The third kappa shape index (κ3) is 4.91. The molecular formula is C18H18N2O6. The highest BCUT2D eigenvalue weighted by atomic mass is 16.3. The lowest BCUT2D eigenvalue weighted by molar-refractivity contribution is -0.124. The highest BCUT2D eigenvalue weighted by molar-refractivity contribution is 5.95. The highest BCUT2D eigenvalue weighted by Crippen LogP contribution is 2.26. The van der Waals surface area contributed by atoms with Gasteiger partial charge in [-0.25, -0.2) is 0 Å². The number of rotatable bonds is 6. The summed E-state index contributed by atoms with van der Waals surface area (Å²) in [6.07, 6.45) is 2.57. The van der Waals surface area contributed by atoms with Gasteiger partial charge in [-0.3, -0.25) is 9.59 Å². The smallest absolute Gasteiger partial charge is 0.244 e. The third-order valence-electron chi connectivity index (χ3n) is 3.57. The fourth-order valence-corrected chi connectivity index (χ4v) is 2.19. The van der Waals surface area contributed by atoms with Crippen LogP contribution in [-0.4, -0.2) is 38.3 Å². The first kappa shape index (κ1) is 18.7. The molecule has 0 aliphatic heterocycles. The van der Waals surface area contributed by atoms with E-state index >= 15 is 0 Å². The quantitative estimate of drug-likeness (QED) is 0.331. The number of amides is 2. The molecule has 0 saturated heterocycles. The summed E-state index contributed by atoms with van der Waals surface area (Å²) in [6.45, 7) is 0. The SMILES string of the molecule is NC(=O)[C@@H](Cc1ccc(O)c(O)c1)NC(=O)/C=C/c1ccc(O)c(O)c1. The van der Waals surface area contributed by atoms with Gasteiger partial charge in [0.25, 0.3) is 0 Å². The minimum Gasteiger partial charge on any atom is -0.504 e. The van der Waals surface area contributed by atoms with Crippen LogP contribution in [0.2, 0.25) is 0 Å². The number of nitrogens with one attached hydrogen (secondary N) is 1. The van der Waals surface area contributed by atoms with E-state index < -0.39 is 17.9 Å². The van der Waals surface area contributed by atoms with E-state index in [9.17, 15) is 30.0 Å². The highest BCUT2D eigenvalue weighted by Gasteiger charge is 2.18. The third-order valence-corrected chi connectivity index (χ3v) is 3.57. The van der Waals surface area contributed by atoms with Crippen molar-refractivity contribution in [2.45, 2.75) is 12.5 Å². The monoisotopic (exact) mass is 358 g/mol. The Hall–Kier alpha value is -3.68. The van der Waals surface area contributed by atoms with Crippen molar-refractivity contribution in [3.05, 3.63) is 53.6 Å². The van der Waals surface area contributed by atoms with E-state index in [0.29, 0.717) is 11.1 Å². The normalized spacial score (nSPS) is 12.0. The standard InChI is InChI=1S/C18H18N2O6/c19-18(26)12(7-11-2-5-14(22)16(24)9-11)20-17(25)6-3-10-1-4-13(21)15(23)8-10/h1-6,8-9,12,21-24H,7H2,(H2,19,26)(H,20,25)/b6-3+/t12-/m1/s1. The molecule has 8 heteroatoms. The van der Waals surface area contributed by atoms with Gasteiger partial charge in [-0.05, 0) is 41.5 Å². The van der Waals surface area contributed by atoms with E-state index in [1.165, 1.54) is 42.5 Å². The molecule has 2 aromatic carbocycles.